The molecule has 1 aromatic heterocycles. The van der Waals surface area contributed by atoms with Crippen LogP contribution < -0.4 is 27.0 Å². The van der Waals surface area contributed by atoms with Crippen LogP contribution in [0.1, 0.15) is 50.2 Å². The minimum Gasteiger partial charge on any atom is -0.391 e. The number of aliphatic hydroxyl groups excluding tert-OH is 1. The van der Waals surface area contributed by atoms with Gasteiger partial charge in [-0.25, -0.2) is 0 Å². The van der Waals surface area contributed by atoms with E-state index in [1.165, 1.54) is 11.8 Å². The molecule has 3 heterocycles. The molecule has 0 saturated carbocycles. The topological polar surface area (TPSA) is 199 Å². The van der Waals surface area contributed by atoms with Crippen LogP contribution in [-0.2, 0) is 36.8 Å². The summed E-state index contributed by atoms with van der Waals surface area (Å²) < 4.78 is 0. The molecule has 8 N–H and O–H groups in total. The van der Waals surface area contributed by atoms with E-state index >= 15 is 0 Å². The lowest BCUT2D eigenvalue weighted by Gasteiger charge is -2.31. The van der Waals surface area contributed by atoms with Crippen LogP contribution in [0.25, 0.3) is 10.9 Å². The summed E-state index contributed by atoms with van der Waals surface area (Å²) in [5.74, 6) is -2.99. The van der Waals surface area contributed by atoms with Gasteiger partial charge in [-0.05, 0) is 62.8 Å². The predicted octanol–water partition coefficient (Wildman–Crippen LogP) is 0.407. The second-order valence-electron chi connectivity index (χ2n) is 12.6. The number of unbranched alkanes of at least 4 members (excludes halogenated alkanes) is 1. The van der Waals surface area contributed by atoms with E-state index in [4.69, 9.17) is 5.73 Å². The van der Waals surface area contributed by atoms with Gasteiger partial charge in [0.1, 0.15) is 30.2 Å². The van der Waals surface area contributed by atoms with Gasteiger partial charge in [-0.2, -0.15) is 0 Å². The number of amides is 5. The Labute approximate surface area is 279 Å². The van der Waals surface area contributed by atoms with Gasteiger partial charge in [-0.3, -0.25) is 24.0 Å². The maximum Gasteiger partial charge on any atom is 0.248 e. The maximum absolute atomic E-state index is 14.1. The van der Waals surface area contributed by atoms with Gasteiger partial charge in [0.15, 0.2) is 0 Å². The highest BCUT2D eigenvalue weighted by Gasteiger charge is 2.41. The standard InChI is InChI=1S/C35H45N7O6/c1-21(43)30-35(48)42-17-9-15-29(42)34(47)40-27(18-22-10-3-2-4-11-22)32(45)39-28(19-23-20-37-25-13-6-5-12-24(23)25)33(46)38-26(31(44)41-30)14-7-8-16-36/h2-6,10-13,20-21,26-30,37,43H,7-9,14-19,36H2,1H3,(H,38,46)(H,39,45)(H,40,47)(H,41,44)/t21-,26+,27+,28-,29+,30+/m1/s1. The first-order valence-electron chi connectivity index (χ1n) is 16.6. The summed E-state index contributed by atoms with van der Waals surface area (Å²) in [7, 11) is 0. The smallest absolute Gasteiger partial charge is 0.248 e. The van der Waals surface area contributed by atoms with Crippen LogP contribution >= 0.6 is 0 Å². The molecule has 2 fully saturated rings. The number of rotatable bonds is 9. The predicted molar refractivity (Wildman–Crippen MR) is 179 cm³/mol. The van der Waals surface area contributed by atoms with Gasteiger partial charge in [-0.1, -0.05) is 48.5 Å². The van der Waals surface area contributed by atoms with Gasteiger partial charge >= 0.3 is 0 Å². The van der Waals surface area contributed by atoms with Gasteiger partial charge in [0, 0.05) is 36.5 Å². The van der Waals surface area contributed by atoms with Crippen LogP contribution in [0.15, 0.2) is 60.8 Å². The van der Waals surface area contributed by atoms with Crippen molar-refractivity contribution < 1.29 is 29.1 Å². The highest BCUT2D eigenvalue weighted by Crippen LogP contribution is 2.22. The Morgan fingerprint density at radius 3 is 2.19 bits per heavy atom. The molecule has 2 aromatic carbocycles. The first-order chi connectivity index (χ1) is 23.2. The van der Waals surface area contributed by atoms with E-state index in [1.807, 2.05) is 54.6 Å². The van der Waals surface area contributed by atoms with E-state index in [2.05, 4.69) is 26.3 Å². The normalized spacial score (nSPS) is 24.9. The third kappa shape index (κ3) is 8.20. The van der Waals surface area contributed by atoms with Crippen LogP contribution in [0.5, 0.6) is 0 Å². The van der Waals surface area contributed by atoms with Crippen molar-refractivity contribution in [2.24, 2.45) is 5.73 Å². The number of aliphatic hydroxyl groups is 1. The number of nitrogens with two attached hydrogens (primary N) is 1. The summed E-state index contributed by atoms with van der Waals surface area (Å²) in [5.41, 5.74) is 8.13. The molecule has 2 aliphatic heterocycles. The van der Waals surface area contributed by atoms with Gasteiger partial charge in [0.25, 0.3) is 0 Å². The number of para-hydroxylation sites is 1. The molecule has 0 spiro atoms. The van der Waals surface area contributed by atoms with Crippen molar-refractivity contribution in [1.29, 1.82) is 0 Å². The van der Waals surface area contributed by atoms with E-state index < -0.39 is 65.8 Å². The lowest BCUT2D eigenvalue weighted by Crippen LogP contribution is -2.60. The van der Waals surface area contributed by atoms with Crippen molar-refractivity contribution in [3.05, 3.63) is 71.9 Å². The lowest BCUT2D eigenvalue weighted by atomic mass is 10.0. The third-order valence-electron chi connectivity index (χ3n) is 9.11. The lowest BCUT2D eigenvalue weighted by molar-refractivity contribution is -0.144. The molecule has 5 rings (SSSR count). The average Bonchev–Trinajstić information content (AvgIpc) is 3.73. The zero-order chi connectivity index (χ0) is 34.2. The van der Waals surface area contributed by atoms with Crippen LogP contribution in [0.3, 0.4) is 0 Å². The van der Waals surface area contributed by atoms with Crippen molar-refractivity contribution in [2.45, 2.75) is 88.2 Å². The molecule has 3 aromatic rings. The number of H-pyrrole nitrogens is 1. The largest absolute Gasteiger partial charge is 0.391 e. The fourth-order valence-electron chi connectivity index (χ4n) is 6.49. The summed E-state index contributed by atoms with van der Waals surface area (Å²) in [6.45, 7) is 2.02. The molecule has 13 heteroatoms. The molecule has 48 heavy (non-hydrogen) atoms. The SMILES string of the molecule is C[C@@H](O)[C@@H]1NC(=O)[C@H](CCCCN)NC(=O)[C@@H](Cc2c[nH]c3ccccc23)NC(=O)[C@H](Cc2ccccc2)NC(=O)[C@@H]2CCCN2C1=O. The van der Waals surface area contributed by atoms with Crippen molar-refractivity contribution in [2.75, 3.05) is 13.1 Å². The fourth-order valence-corrected chi connectivity index (χ4v) is 6.49. The number of nitrogens with zero attached hydrogens (tertiary/aromatic N) is 1. The molecule has 0 radical (unpaired) electrons. The van der Waals surface area contributed by atoms with Crippen molar-refractivity contribution in [1.82, 2.24) is 31.2 Å². The Kier molecular flexibility index (Phi) is 11.5. The zero-order valence-electron chi connectivity index (χ0n) is 27.1. The number of carbonyl (C=O) groups excluding carboxylic acids is 5. The molecule has 6 atom stereocenters. The van der Waals surface area contributed by atoms with E-state index in [1.54, 1.807) is 6.20 Å². The van der Waals surface area contributed by atoms with Gasteiger partial charge in [-0.15, -0.1) is 0 Å². The maximum atomic E-state index is 14.1. The summed E-state index contributed by atoms with van der Waals surface area (Å²) in [6.07, 6.45) is 2.92. The fraction of sp³-hybridized carbons (Fsp3) is 0.457. The first kappa shape index (κ1) is 34.6. The average molecular weight is 660 g/mol. The summed E-state index contributed by atoms with van der Waals surface area (Å²) in [4.78, 5) is 74.0. The molecule has 5 amide bonds. The molecule has 0 bridgehead atoms. The molecule has 0 aliphatic carbocycles. The Bertz CT molecular complexity index is 1610. The number of benzene rings is 2. The van der Waals surface area contributed by atoms with Gasteiger partial charge < -0.3 is 42.0 Å². The number of aromatic amines is 1. The van der Waals surface area contributed by atoms with Gasteiger partial charge in [0.05, 0.1) is 6.10 Å². The summed E-state index contributed by atoms with van der Waals surface area (Å²) >= 11 is 0. The van der Waals surface area contributed by atoms with E-state index in [0.29, 0.717) is 32.2 Å². The van der Waals surface area contributed by atoms with Crippen LogP contribution in [0.2, 0.25) is 0 Å². The second-order valence-corrected chi connectivity index (χ2v) is 12.6. The number of nitrogens with one attached hydrogen (secondary N) is 5. The van der Waals surface area contributed by atoms with Crippen molar-refractivity contribution in [3.63, 3.8) is 0 Å². The van der Waals surface area contributed by atoms with Gasteiger partial charge in [0.2, 0.25) is 29.5 Å². The quantitative estimate of drug-likeness (QED) is 0.161. The van der Waals surface area contributed by atoms with Crippen molar-refractivity contribution >= 4 is 40.4 Å². The van der Waals surface area contributed by atoms with E-state index in [9.17, 15) is 29.1 Å². The van der Waals surface area contributed by atoms with E-state index in [-0.39, 0.29) is 25.8 Å². The Balaban J connectivity index is 1.54. The Morgan fingerprint density at radius 2 is 1.46 bits per heavy atom. The number of aromatic nitrogens is 1. The van der Waals surface area contributed by atoms with Crippen LogP contribution in [-0.4, -0.2) is 93.9 Å². The highest BCUT2D eigenvalue weighted by atomic mass is 16.3. The summed E-state index contributed by atoms with van der Waals surface area (Å²) in [5, 5.41) is 22.7. The molecule has 2 saturated heterocycles. The minimum atomic E-state index is -1.35. The Morgan fingerprint density at radius 1 is 0.812 bits per heavy atom. The van der Waals surface area contributed by atoms with Crippen LogP contribution in [0, 0.1) is 0 Å². The number of hydrogen-bond acceptors (Lipinski definition) is 7. The number of carbonyl (C=O) groups is 5. The third-order valence-corrected chi connectivity index (χ3v) is 9.11. The van der Waals surface area contributed by atoms with Crippen molar-refractivity contribution in [3.8, 4) is 0 Å². The monoisotopic (exact) mass is 659 g/mol. The second kappa shape index (κ2) is 15.9. The molecule has 0 unspecified atom stereocenters. The minimum absolute atomic E-state index is 0.0932. The molecule has 256 valence electrons. The molecule has 2 aliphatic rings. The molecule has 13 nitrogen and oxygen atoms in total. The number of fused-ring (bicyclic) bond motifs is 2. The Hall–Kier alpha value is -4.75. The highest BCUT2D eigenvalue weighted by molar-refractivity contribution is 5.98. The zero-order valence-corrected chi connectivity index (χ0v) is 27.1. The van der Waals surface area contributed by atoms with E-state index in [0.717, 1.165) is 22.0 Å². The molecular weight excluding hydrogens is 614 g/mol. The summed E-state index contributed by atoms with van der Waals surface area (Å²) in [6, 6.07) is 11.2. The number of hydrogen-bond donors (Lipinski definition) is 7. The molecular formula is C35H45N7O6. The van der Waals surface area contributed by atoms with Crippen LogP contribution in [0.4, 0.5) is 0 Å². The first-order valence-corrected chi connectivity index (χ1v) is 16.6.